The van der Waals surface area contributed by atoms with E-state index in [9.17, 15) is 9.59 Å². The lowest BCUT2D eigenvalue weighted by Gasteiger charge is -2.08. The Kier molecular flexibility index (Phi) is 4.46. The Balaban J connectivity index is 3.10. The van der Waals surface area contributed by atoms with Crippen molar-refractivity contribution in [2.24, 2.45) is 0 Å². The van der Waals surface area contributed by atoms with E-state index in [4.69, 9.17) is 16.7 Å². The van der Waals surface area contributed by atoms with Gasteiger partial charge in [0.2, 0.25) is 0 Å². The summed E-state index contributed by atoms with van der Waals surface area (Å²) in [5.41, 5.74) is 2.35. The highest BCUT2D eigenvalue weighted by Gasteiger charge is 2.13. The number of carbonyl (C=O) groups is 2. The number of ketones is 1. The van der Waals surface area contributed by atoms with Crippen LogP contribution in [0.15, 0.2) is 24.3 Å². The number of aryl methyl sites for hydroxylation is 1. The number of alkyl halides is 1. The van der Waals surface area contributed by atoms with Crippen LogP contribution in [0.3, 0.4) is 0 Å². The Morgan fingerprint density at radius 1 is 1.41 bits per heavy atom. The van der Waals surface area contributed by atoms with Gasteiger partial charge in [-0.2, -0.15) is 0 Å². The molecule has 0 spiro atoms. The van der Waals surface area contributed by atoms with Crippen LogP contribution in [-0.4, -0.2) is 16.9 Å². The number of hydrogen-bond acceptors (Lipinski definition) is 2. The first-order valence-electron chi connectivity index (χ1n) is 5.08. The van der Waals surface area contributed by atoms with Crippen molar-refractivity contribution in [3.8, 4) is 0 Å². The van der Waals surface area contributed by atoms with E-state index in [1.807, 2.05) is 13.0 Å². The lowest BCUT2D eigenvalue weighted by molar-refractivity contribution is -0.131. The SMILES string of the molecule is CC(=O)C(Cl)c1ccc(C)c(/C=C/C(=O)O)c1. The molecule has 1 atom stereocenters. The van der Waals surface area contributed by atoms with E-state index in [1.165, 1.54) is 13.0 Å². The third-order valence-corrected chi connectivity index (χ3v) is 2.92. The molecule has 0 heterocycles. The summed E-state index contributed by atoms with van der Waals surface area (Å²) < 4.78 is 0. The fraction of sp³-hybridized carbons (Fsp3) is 0.231. The van der Waals surface area contributed by atoms with E-state index in [2.05, 4.69) is 0 Å². The minimum atomic E-state index is -1.01. The molecule has 0 amide bonds. The van der Waals surface area contributed by atoms with Crippen LogP contribution in [0.4, 0.5) is 0 Å². The highest BCUT2D eigenvalue weighted by molar-refractivity contribution is 6.30. The molecule has 1 aromatic rings. The first-order chi connectivity index (χ1) is 7.91. The fourth-order valence-corrected chi connectivity index (χ4v) is 1.53. The molecule has 0 fully saturated rings. The largest absolute Gasteiger partial charge is 0.478 e. The Labute approximate surface area is 105 Å². The van der Waals surface area contributed by atoms with Crippen LogP contribution < -0.4 is 0 Å². The first-order valence-corrected chi connectivity index (χ1v) is 5.51. The molecule has 90 valence electrons. The summed E-state index contributed by atoms with van der Waals surface area (Å²) in [6.45, 7) is 3.28. The summed E-state index contributed by atoms with van der Waals surface area (Å²) in [5.74, 6) is -1.15. The van der Waals surface area contributed by atoms with Gasteiger partial charge in [-0.1, -0.05) is 12.1 Å². The number of halogens is 1. The van der Waals surface area contributed by atoms with E-state index < -0.39 is 11.3 Å². The van der Waals surface area contributed by atoms with E-state index in [0.29, 0.717) is 5.56 Å². The van der Waals surface area contributed by atoms with Crippen LogP contribution in [-0.2, 0) is 9.59 Å². The number of Topliss-reactive ketones (excluding diaryl/α,β-unsaturated/α-hetero) is 1. The van der Waals surface area contributed by atoms with Crippen LogP contribution in [0.25, 0.3) is 6.08 Å². The van der Waals surface area contributed by atoms with Gasteiger partial charge in [-0.15, -0.1) is 11.6 Å². The summed E-state index contributed by atoms with van der Waals surface area (Å²) in [6, 6.07) is 5.32. The molecule has 1 rings (SSSR count). The Hall–Kier alpha value is -1.61. The van der Waals surface area contributed by atoms with E-state index in [1.54, 1.807) is 12.1 Å². The zero-order valence-electron chi connectivity index (χ0n) is 9.61. The van der Waals surface area contributed by atoms with Gasteiger partial charge in [0, 0.05) is 6.08 Å². The summed E-state index contributed by atoms with van der Waals surface area (Å²) in [6.07, 6.45) is 2.55. The van der Waals surface area contributed by atoms with E-state index in [0.717, 1.165) is 17.2 Å². The van der Waals surface area contributed by atoms with Gasteiger partial charge in [0.15, 0.2) is 5.78 Å². The molecule has 4 heteroatoms. The summed E-state index contributed by atoms with van der Waals surface area (Å²) in [4.78, 5) is 21.6. The normalized spacial score (nSPS) is 12.6. The van der Waals surface area contributed by atoms with Crippen molar-refractivity contribution < 1.29 is 14.7 Å². The van der Waals surface area contributed by atoms with Gasteiger partial charge in [-0.05, 0) is 42.7 Å². The highest BCUT2D eigenvalue weighted by atomic mass is 35.5. The van der Waals surface area contributed by atoms with Crippen molar-refractivity contribution in [3.05, 3.63) is 41.0 Å². The molecular weight excluding hydrogens is 240 g/mol. The standard InChI is InChI=1S/C13H13ClO3/c1-8-3-4-11(13(14)9(2)15)7-10(8)5-6-12(16)17/h3-7,13H,1-2H3,(H,16,17)/b6-5+. The third kappa shape index (κ3) is 3.71. The summed E-state index contributed by atoms with van der Waals surface area (Å²) in [7, 11) is 0. The highest BCUT2D eigenvalue weighted by Crippen LogP contribution is 2.24. The topological polar surface area (TPSA) is 54.4 Å². The van der Waals surface area contributed by atoms with Gasteiger partial charge in [-0.25, -0.2) is 4.79 Å². The molecule has 0 bridgehead atoms. The maximum Gasteiger partial charge on any atom is 0.328 e. The van der Waals surface area contributed by atoms with Gasteiger partial charge in [0.05, 0.1) is 0 Å². The number of aliphatic carboxylic acids is 1. The van der Waals surface area contributed by atoms with E-state index >= 15 is 0 Å². The van der Waals surface area contributed by atoms with Crippen molar-refractivity contribution >= 4 is 29.4 Å². The number of hydrogen-bond donors (Lipinski definition) is 1. The zero-order chi connectivity index (χ0) is 13.0. The average molecular weight is 253 g/mol. The number of carboxylic acids is 1. The maximum atomic E-state index is 11.2. The predicted octanol–water partition coefficient (Wildman–Crippen LogP) is 2.96. The molecular formula is C13H13ClO3. The van der Waals surface area contributed by atoms with Crippen LogP contribution >= 0.6 is 11.6 Å². The monoisotopic (exact) mass is 252 g/mol. The number of carboxylic acid groups (broad SMARTS) is 1. The van der Waals surface area contributed by atoms with Crippen molar-refractivity contribution in [1.29, 1.82) is 0 Å². The molecule has 0 aliphatic heterocycles. The lowest BCUT2D eigenvalue weighted by atomic mass is 10.0. The Bertz CT molecular complexity index is 478. The Morgan fingerprint density at radius 2 is 2.06 bits per heavy atom. The predicted molar refractivity (Wildman–Crippen MR) is 67.1 cm³/mol. The maximum absolute atomic E-state index is 11.2. The van der Waals surface area contributed by atoms with Gasteiger partial charge >= 0.3 is 5.97 Å². The minimum Gasteiger partial charge on any atom is -0.478 e. The van der Waals surface area contributed by atoms with Gasteiger partial charge in [0.25, 0.3) is 0 Å². The quantitative estimate of drug-likeness (QED) is 0.662. The van der Waals surface area contributed by atoms with E-state index in [-0.39, 0.29) is 5.78 Å². The Morgan fingerprint density at radius 3 is 2.59 bits per heavy atom. The molecule has 17 heavy (non-hydrogen) atoms. The second-order valence-electron chi connectivity index (χ2n) is 3.76. The second kappa shape index (κ2) is 5.64. The van der Waals surface area contributed by atoms with Crippen molar-refractivity contribution in [1.82, 2.24) is 0 Å². The molecule has 3 nitrogen and oxygen atoms in total. The average Bonchev–Trinajstić information content (AvgIpc) is 2.26. The van der Waals surface area contributed by atoms with Crippen LogP contribution in [0, 0.1) is 6.92 Å². The van der Waals surface area contributed by atoms with Gasteiger partial charge in [0.1, 0.15) is 5.38 Å². The fourth-order valence-electron chi connectivity index (χ4n) is 1.39. The van der Waals surface area contributed by atoms with Crippen LogP contribution in [0.1, 0.15) is 29.0 Å². The van der Waals surface area contributed by atoms with Crippen molar-refractivity contribution in [2.45, 2.75) is 19.2 Å². The zero-order valence-corrected chi connectivity index (χ0v) is 10.4. The molecule has 1 aromatic carbocycles. The molecule has 0 aromatic heterocycles. The molecule has 1 N–H and O–H groups in total. The van der Waals surface area contributed by atoms with Gasteiger partial charge < -0.3 is 5.11 Å². The molecule has 0 saturated heterocycles. The number of carbonyl (C=O) groups excluding carboxylic acids is 1. The number of rotatable bonds is 4. The van der Waals surface area contributed by atoms with Crippen molar-refractivity contribution in [3.63, 3.8) is 0 Å². The molecule has 0 aliphatic carbocycles. The summed E-state index contributed by atoms with van der Waals surface area (Å²) in [5, 5.41) is 7.88. The first kappa shape index (κ1) is 13.5. The third-order valence-electron chi connectivity index (χ3n) is 2.36. The summed E-state index contributed by atoms with van der Waals surface area (Å²) >= 11 is 5.94. The lowest BCUT2D eigenvalue weighted by Crippen LogP contribution is -2.02. The van der Waals surface area contributed by atoms with Crippen LogP contribution in [0.2, 0.25) is 0 Å². The second-order valence-corrected chi connectivity index (χ2v) is 4.20. The van der Waals surface area contributed by atoms with Gasteiger partial charge in [-0.3, -0.25) is 4.79 Å². The minimum absolute atomic E-state index is 0.135. The molecule has 0 saturated carbocycles. The molecule has 1 unspecified atom stereocenters. The number of benzene rings is 1. The molecule has 0 radical (unpaired) electrons. The van der Waals surface area contributed by atoms with Crippen LogP contribution in [0.5, 0.6) is 0 Å². The van der Waals surface area contributed by atoms with Crippen molar-refractivity contribution in [2.75, 3.05) is 0 Å². The smallest absolute Gasteiger partial charge is 0.328 e. The molecule has 0 aliphatic rings.